The van der Waals surface area contributed by atoms with Crippen LogP contribution in [0, 0.1) is 0 Å². The van der Waals surface area contributed by atoms with Gasteiger partial charge >= 0.3 is 13.8 Å². The summed E-state index contributed by atoms with van der Waals surface area (Å²) in [6, 6.07) is 0. The number of unbranched alkanes of at least 4 members (excludes halogenated alkanes) is 34. The third-order valence-electron chi connectivity index (χ3n) is 11.6. The van der Waals surface area contributed by atoms with Gasteiger partial charge in [0, 0.05) is 19.6 Å². The smallest absolute Gasteiger partial charge is 0.457 e. The summed E-state index contributed by atoms with van der Waals surface area (Å²) in [5.74, 6) is -0.325. The van der Waals surface area contributed by atoms with E-state index in [0.717, 1.165) is 38.5 Å². The predicted octanol–water partition coefficient (Wildman–Crippen LogP) is 16.4. The van der Waals surface area contributed by atoms with Gasteiger partial charge in [0.25, 0.3) is 0 Å². The van der Waals surface area contributed by atoms with Crippen LogP contribution >= 0.6 is 7.82 Å². The van der Waals surface area contributed by atoms with E-state index in [1.165, 1.54) is 205 Å². The van der Waals surface area contributed by atoms with E-state index in [0.29, 0.717) is 13.0 Å². The predicted molar refractivity (Wildman–Crippen MR) is 261 cm³/mol. The zero-order valence-corrected chi connectivity index (χ0v) is 41.3. The summed E-state index contributed by atoms with van der Waals surface area (Å²) in [5.41, 5.74) is 5.39. The standard InChI is InChI=1S/C52H102NO7P/c1-3-5-7-9-11-13-15-17-19-21-23-25-26-28-30-32-34-36-38-40-42-44-47-57-49-51(50-59-61(55,56)58-48-46-53)60-52(54)45-43-41-39-37-35-33-31-29-27-24-22-20-18-16-14-12-10-8-6-4-2/h15,17,21,23,51H,3-14,16,18-20,22,24-50,53H2,1-2H3,(H,55,56)/b17-15-,23-21-. The molecule has 2 unspecified atom stereocenters. The lowest BCUT2D eigenvalue weighted by molar-refractivity contribution is -0.154. The molecule has 0 amide bonds. The Balaban J connectivity index is 3.90. The fourth-order valence-corrected chi connectivity index (χ4v) is 8.50. The zero-order chi connectivity index (χ0) is 44.4. The molecule has 61 heavy (non-hydrogen) atoms. The number of esters is 1. The van der Waals surface area contributed by atoms with Crippen molar-refractivity contribution >= 4 is 13.8 Å². The monoisotopic (exact) mass is 884 g/mol. The molecule has 9 heteroatoms. The third-order valence-corrected chi connectivity index (χ3v) is 12.6. The van der Waals surface area contributed by atoms with Gasteiger partial charge in [-0.25, -0.2) is 4.57 Å². The molecule has 0 aliphatic carbocycles. The maximum atomic E-state index is 12.7. The average Bonchev–Trinajstić information content (AvgIpc) is 3.25. The SMILES string of the molecule is CCCCCCC/C=C\C/C=C\CCCCCCCCCCCCOCC(COP(=O)(O)OCCN)OC(=O)CCCCCCCCCCCCCCCCCCCCCC. The molecule has 0 fully saturated rings. The summed E-state index contributed by atoms with van der Waals surface area (Å²) >= 11 is 0. The second-order valence-electron chi connectivity index (χ2n) is 17.7. The van der Waals surface area contributed by atoms with Crippen molar-refractivity contribution in [3.05, 3.63) is 24.3 Å². The van der Waals surface area contributed by atoms with Crippen LogP contribution in [-0.4, -0.2) is 49.9 Å². The summed E-state index contributed by atoms with van der Waals surface area (Å²) in [6.45, 7) is 4.97. The minimum atomic E-state index is -4.28. The fourth-order valence-electron chi connectivity index (χ4n) is 7.74. The Kier molecular flexibility index (Phi) is 49.2. The van der Waals surface area contributed by atoms with Gasteiger partial charge < -0.3 is 20.1 Å². The van der Waals surface area contributed by atoms with Crippen LogP contribution in [0.1, 0.15) is 264 Å². The molecule has 0 heterocycles. The number of rotatable bonds is 51. The number of allylic oxidation sites excluding steroid dienone is 4. The summed E-state index contributed by atoms with van der Waals surface area (Å²) in [5, 5.41) is 0. The number of phosphoric ester groups is 1. The number of ether oxygens (including phenoxy) is 2. The van der Waals surface area contributed by atoms with Crippen LogP contribution in [0.25, 0.3) is 0 Å². The third kappa shape index (κ3) is 49.8. The summed E-state index contributed by atoms with van der Waals surface area (Å²) < 4.78 is 33.6. The first-order valence-corrected chi connectivity index (χ1v) is 27.8. The minimum Gasteiger partial charge on any atom is -0.457 e. The van der Waals surface area contributed by atoms with Gasteiger partial charge in [0.15, 0.2) is 0 Å². The van der Waals surface area contributed by atoms with Crippen molar-refractivity contribution in [3.8, 4) is 0 Å². The van der Waals surface area contributed by atoms with Crippen LogP contribution in [0.2, 0.25) is 0 Å². The van der Waals surface area contributed by atoms with Crippen molar-refractivity contribution in [2.75, 3.05) is 33.0 Å². The second kappa shape index (κ2) is 50.0. The lowest BCUT2D eigenvalue weighted by atomic mass is 10.0. The van der Waals surface area contributed by atoms with Crippen LogP contribution in [0.3, 0.4) is 0 Å². The highest BCUT2D eigenvalue weighted by atomic mass is 31.2. The Bertz CT molecular complexity index is 993. The van der Waals surface area contributed by atoms with Crippen LogP contribution in [-0.2, 0) is 27.9 Å². The number of carbonyl (C=O) groups is 1. The van der Waals surface area contributed by atoms with E-state index < -0.39 is 13.9 Å². The van der Waals surface area contributed by atoms with Crippen molar-refractivity contribution in [1.82, 2.24) is 0 Å². The highest BCUT2D eigenvalue weighted by molar-refractivity contribution is 7.47. The molecule has 0 saturated carbocycles. The molecule has 0 aliphatic heterocycles. The van der Waals surface area contributed by atoms with Crippen molar-refractivity contribution in [2.45, 2.75) is 270 Å². The first-order valence-electron chi connectivity index (χ1n) is 26.3. The Morgan fingerprint density at radius 3 is 1.28 bits per heavy atom. The van der Waals surface area contributed by atoms with E-state index in [4.69, 9.17) is 24.3 Å². The summed E-state index contributed by atoms with van der Waals surface area (Å²) in [7, 11) is -4.28. The van der Waals surface area contributed by atoms with Crippen molar-refractivity contribution in [1.29, 1.82) is 0 Å². The molecule has 362 valence electrons. The molecular formula is C52H102NO7P. The molecule has 0 spiro atoms. The van der Waals surface area contributed by atoms with Crippen molar-refractivity contribution < 1.29 is 32.8 Å². The fraction of sp³-hybridized carbons (Fsp3) is 0.904. The van der Waals surface area contributed by atoms with Gasteiger partial charge in [-0.3, -0.25) is 13.8 Å². The van der Waals surface area contributed by atoms with Gasteiger partial charge in [0.05, 0.1) is 19.8 Å². The second-order valence-corrected chi connectivity index (χ2v) is 19.2. The number of carbonyl (C=O) groups excluding carboxylic acids is 1. The van der Waals surface area contributed by atoms with E-state index in [-0.39, 0.29) is 32.3 Å². The number of phosphoric acid groups is 1. The highest BCUT2D eigenvalue weighted by Gasteiger charge is 2.25. The summed E-state index contributed by atoms with van der Waals surface area (Å²) in [6.07, 6.45) is 57.8. The lowest BCUT2D eigenvalue weighted by Crippen LogP contribution is -2.28. The Labute approximate surface area is 378 Å². The van der Waals surface area contributed by atoms with Crippen molar-refractivity contribution in [2.24, 2.45) is 5.73 Å². The molecule has 2 atom stereocenters. The number of hydrogen-bond acceptors (Lipinski definition) is 7. The highest BCUT2D eigenvalue weighted by Crippen LogP contribution is 2.43. The molecule has 0 saturated heterocycles. The first-order chi connectivity index (χ1) is 29.9. The van der Waals surface area contributed by atoms with Gasteiger partial charge in [-0.05, 0) is 44.9 Å². The molecule has 0 aromatic heterocycles. The molecule has 8 nitrogen and oxygen atoms in total. The van der Waals surface area contributed by atoms with Crippen LogP contribution < -0.4 is 5.73 Å². The quantitative estimate of drug-likeness (QED) is 0.0268. The van der Waals surface area contributed by atoms with Gasteiger partial charge in [-0.2, -0.15) is 0 Å². The normalized spacial score (nSPS) is 13.4. The van der Waals surface area contributed by atoms with E-state index in [2.05, 4.69) is 38.2 Å². The molecule has 0 aliphatic rings. The van der Waals surface area contributed by atoms with E-state index in [1.54, 1.807) is 0 Å². The minimum absolute atomic E-state index is 0.0934. The number of nitrogens with two attached hydrogens (primary N) is 1. The molecule has 3 N–H and O–H groups in total. The van der Waals surface area contributed by atoms with Gasteiger partial charge in [0.1, 0.15) is 6.10 Å². The zero-order valence-electron chi connectivity index (χ0n) is 40.4. The van der Waals surface area contributed by atoms with E-state index >= 15 is 0 Å². The average molecular weight is 884 g/mol. The van der Waals surface area contributed by atoms with E-state index in [9.17, 15) is 14.3 Å². The van der Waals surface area contributed by atoms with Gasteiger partial charge in [-0.1, -0.05) is 237 Å². The van der Waals surface area contributed by atoms with Gasteiger partial charge in [-0.15, -0.1) is 0 Å². The van der Waals surface area contributed by atoms with E-state index in [1.807, 2.05) is 0 Å². The maximum Gasteiger partial charge on any atom is 0.472 e. The van der Waals surface area contributed by atoms with Gasteiger partial charge in [0.2, 0.25) is 0 Å². The molecule has 0 aromatic carbocycles. The lowest BCUT2D eigenvalue weighted by Gasteiger charge is -2.20. The molecule has 0 bridgehead atoms. The van der Waals surface area contributed by atoms with Crippen LogP contribution in [0.5, 0.6) is 0 Å². The maximum absolute atomic E-state index is 12.7. The van der Waals surface area contributed by atoms with Crippen molar-refractivity contribution in [3.63, 3.8) is 0 Å². The van der Waals surface area contributed by atoms with Crippen LogP contribution in [0.15, 0.2) is 24.3 Å². The Morgan fingerprint density at radius 2 is 0.869 bits per heavy atom. The Morgan fingerprint density at radius 1 is 0.492 bits per heavy atom. The Hall–Kier alpha value is -1.02. The molecule has 0 rings (SSSR count). The number of hydrogen-bond donors (Lipinski definition) is 2. The largest absolute Gasteiger partial charge is 0.472 e. The van der Waals surface area contributed by atoms with Crippen LogP contribution in [0.4, 0.5) is 0 Å². The topological polar surface area (TPSA) is 117 Å². The summed E-state index contributed by atoms with van der Waals surface area (Å²) in [4.78, 5) is 22.6. The first kappa shape index (κ1) is 60.0. The molecular weight excluding hydrogens is 782 g/mol. The molecule has 0 radical (unpaired) electrons. The molecule has 0 aromatic rings.